The van der Waals surface area contributed by atoms with E-state index in [0.717, 1.165) is 12.5 Å². The van der Waals surface area contributed by atoms with Gasteiger partial charge in [-0.2, -0.15) is 0 Å². The van der Waals surface area contributed by atoms with Crippen molar-refractivity contribution in [2.75, 3.05) is 0 Å². The van der Waals surface area contributed by atoms with Crippen LogP contribution in [0.25, 0.3) is 0 Å². The van der Waals surface area contributed by atoms with E-state index in [1.807, 2.05) is 0 Å². The molecule has 0 bridgehead atoms. The van der Waals surface area contributed by atoms with Gasteiger partial charge in [-0.05, 0) is 45.1 Å². The molecule has 1 N–H and O–H groups in total. The Hall–Kier alpha value is -0.820. The van der Waals surface area contributed by atoms with E-state index in [4.69, 9.17) is 0 Å². The van der Waals surface area contributed by atoms with E-state index in [1.54, 1.807) is 0 Å². The largest absolute Gasteiger partial charge is 0.310 e. The second kappa shape index (κ2) is 7.09. The van der Waals surface area contributed by atoms with Crippen LogP contribution in [-0.2, 0) is 6.54 Å². The molecule has 1 nitrogen and oxygen atoms in total. The normalized spacial score (nSPS) is 19.1. The van der Waals surface area contributed by atoms with E-state index in [2.05, 4.69) is 44.3 Å². The van der Waals surface area contributed by atoms with Crippen LogP contribution in [-0.4, -0.2) is 6.04 Å². The molecule has 0 aromatic heterocycles. The van der Waals surface area contributed by atoms with Gasteiger partial charge < -0.3 is 5.32 Å². The van der Waals surface area contributed by atoms with Crippen LogP contribution in [0.2, 0.25) is 0 Å². The van der Waals surface area contributed by atoms with Gasteiger partial charge in [-0.25, -0.2) is 0 Å². The quantitative estimate of drug-likeness (QED) is 0.769. The van der Waals surface area contributed by atoms with Gasteiger partial charge in [0.25, 0.3) is 0 Å². The Balaban J connectivity index is 1.86. The zero-order valence-electron chi connectivity index (χ0n) is 12.8. The van der Waals surface area contributed by atoms with Crippen molar-refractivity contribution >= 4 is 0 Å². The molecule has 0 amide bonds. The molecule has 1 aromatic carbocycles. The summed E-state index contributed by atoms with van der Waals surface area (Å²) in [4.78, 5) is 0. The zero-order chi connectivity index (χ0) is 13.7. The molecule has 1 aliphatic rings. The second-order valence-corrected chi connectivity index (χ2v) is 6.42. The highest BCUT2D eigenvalue weighted by Gasteiger charge is 2.18. The average molecular weight is 259 g/mol. The van der Waals surface area contributed by atoms with E-state index in [0.29, 0.717) is 6.04 Å². The molecular weight excluding hydrogens is 230 g/mol. The van der Waals surface area contributed by atoms with Crippen LogP contribution < -0.4 is 5.32 Å². The van der Waals surface area contributed by atoms with E-state index in [-0.39, 0.29) is 0 Å². The van der Waals surface area contributed by atoms with E-state index >= 15 is 0 Å². The second-order valence-electron chi connectivity index (χ2n) is 6.42. The van der Waals surface area contributed by atoms with Gasteiger partial charge in [-0.1, -0.05) is 55.0 Å². The summed E-state index contributed by atoms with van der Waals surface area (Å²) in [6.07, 6.45) is 8.59. The summed E-state index contributed by atoms with van der Waals surface area (Å²) in [5.41, 5.74) is 4.18. The van der Waals surface area contributed by atoms with Crippen molar-refractivity contribution in [1.29, 1.82) is 0 Å². The molecule has 0 unspecified atom stereocenters. The standard InChI is InChI=1S/C18H29N/c1-14-10-15(2)12-17(11-14)13-19-16(3)18-8-6-4-5-7-9-18/h10-12,16,18-19H,4-9,13H2,1-3H3/t16-/m0/s1. The Labute approximate surface area is 118 Å². The smallest absolute Gasteiger partial charge is 0.0208 e. The minimum atomic E-state index is 0.652. The fraction of sp³-hybridized carbons (Fsp3) is 0.667. The minimum Gasteiger partial charge on any atom is -0.310 e. The van der Waals surface area contributed by atoms with Crippen molar-refractivity contribution < 1.29 is 0 Å². The minimum absolute atomic E-state index is 0.652. The Kier molecular flexibility index (Phi) is 5.45. The first-order valence-corrected chi connectivity index (χ1v) is 7.96. The summed E-state index contributed by atoms with van der Waals surface area (Å²) >= 11 is 0. The van der Waals surface area contributed by atoms with E-state index in [1.165, 1.54) is 55.2 Å². The molecular formula is C18H29N. The van der Waals surface area contributed by atoms with Crippen molar-refractivity contribution in [1.82, 2.24) is 5.32 Å². The predicted molar refractivity (Wildman–Crippen MR) is 83.4 cm³/mol. The van der Waals surface area contributed by atoms with Gasteiger partial charge in [0.1, 0.15) is 0 Å². The summed E-state index contributed by atoms with van der Waals surface area (Å²) in [6, 6.07) is 7.51. The topological polar surface area (TPSA) is 12.0 Å². The Morgan fingerprint density at radius 3 is 2.16 bits per heavy atom. The van der Waals surface area contributed by atoms with Gasteiger partial charge in [0, 0.05) is 12.6 Å². The number of hydrogen-bond donors (Lipinski definition) is 1. The Morgan fingerprint density at radius 1 is 1.00 bits per heavy atom. The Morgan fingerprint density at radius 2 is 1.58 bits per heavy atom. The molecule has 1 heteroatoms. The molecule has 0 saturated heterocycles. The van der Waals surface area contributed by atoms with Gasteiger partial charge in [-0.15, -0.1) is 0 Å². The first kappa shape index (κ1) is 14.6. The molecule has 1 atom stereocenters. The summed E-state index contributed by atoms with van der Waals surface area (Å²) in [7, 11) is 0. The summed E-state index contributed by atoms with van der Waals surface area (Å²) < 4.78 is 0. The molecule has 0 aliphatic heterocycles. The highest BCUT2D eigenvalue weighted by molar-refractivity contribution is 5.28. The number of aryl methyl sites for hydroxylation is 2. The predicted octanol–water partition coefficient (Wildman–Crippen LogP) is 4.75. The van der Waals surface area contributed by atoms with Crippen molar-refractivity contribution in [3.05, 3.63) is 34.9 Å². The third-order valence-corrected chi connectivity index (χ3v) is 4.52. The van der Waals surface area contributed by atoms with Crippen LogP contribution in [0.4, 0.5) is 0 Å². The molecule has 1 aliphatic carbocycles. The van der Waals surface area contributed by atoms with Crippen molar-refractivity contribution in [3.63, 3.8) is 0 Å². The van der Waals surface area contributed by atoms with Gasteiger partial charge in [0.15, 0.2) is 0 Å². The maximum absolute atomic E-state index is 3.75. The summed E-state index contributed by atoms with van der Waals surface area (Å²) in [5.74, 6) is 0.883. The molecule has 0 spiro atoms. The summed E-state index contributed by atoms with van der Waals surface area (Å²) in [6.45, 7) is 7.76. The first-order valence-electron chi connectivity index (χ1n) is 7.96. The molecule has 2 rings (SSSR count). The molecule has 0 radical (unpaired) electrons. The lowest BCUT2D eigenvalue weighted by atomic mass is 9.93. The lowest BCUT2D eigenvalue weighted by molar-refractivity contribution is 0.336. The average Bonchev–Trinajstić information content (AvgIpc) is 2.63. The van der Waals surface area contributed by atoms with Gasteiger partial charge in [0.2, 0.25) is 0 Å². The SMILES string of the molecule is Cc1cc(C)cc(CN[C@@H](C)C2CCCCCC2)c1. The van der Waals surface area contributed by atoms with Gasteiger partial charge in [-0.3, -0.25) is 0 Å². The third kappa shape index (κ3) is 4.65. The monoisotopic (exact) mass is 259 g/mol. The fourth-order valence-electron chi connectivity index (χ4n) is 3.43. The van der Waals surface area contributed by atoms with Crippen molar-refractivity contribution in [3.8, 4) is 0 Å². The molecule has 19 heavy (non-hydrogen) atoms. The fourth-order valence-corrected chi connectivity index (χ4v) is 3.43. The molecule has 1 aromatic rings. The first-order chi connectivity index (χ1) is 9.15. The maximum atomic E-state index is 3.75. The van der Waals surface area contributed by atoms with Crippen LogP contribution in [0.1, 0.15) is 62.1 Å². The van der Waals surface area contributed by atoms with Crippen molar-refractivity contribution in [2.45, 2.75) is 71.9 Å². The van der Waals surface area contributed by atoms with Crippen LogP contribution in [0, 0.1) is 19.8 Å². The Bertz CT molecular complexity index is 368. The maximum Gasteiger partial charge on any atom is 0.0208 e. The highest BCUT2D eigenvalue weighted by Crippen LogP contribution is 2.25. The zero-order valence-corrected chi connectivity index (χ0v) is 12.8. The number of rotatable bonds is 4. The third-order valence-electron chi connectivity index (χ3n) is 4.52. The van der Waals surface area contributed by atoms with Crippen LogP contribution in [0.5, 0.6) is 0 Å². The van der Waals surface area contributed by atoms with Gasteiger partial charge >= 0.3 is 0 Å². The van der Waals surface area contributed by atoms with E-state index < -0.39 is 0 Å². The lowest BCUT2D eigenvalue weighted by Gasteiger charge is -2.24. The number of hydrogen-bond acceptors (Lipinski definition) is 1. The van der Waals surface area contributed by atoms with Crippen molar-refractivity contribution in [2.24, 2.45) is 5.92 Å². The van der Waals surface area contributed by atoms with Gasteiger partial charge in [0.05, 0.1) is 0 Å². The molecule has 0 heterocycles. The van der Waals surface area contributed by atoms with Crippen LogP contribution >= 0.6 is 0 Å². The van der Waals surface area contributed by atoms with E-state index in [9.17, 15) is 0 Å². The summed E-state index contributed by atoms with van der Waals surface area (Å²) in [5, 5.41) is 3.75. The van der Waals surface area contributed by atoms with Crippen LogP contribution in [0.15, 0.2) is 18.2 Å². The molecule has 106 valence electrons. The highest BCUT2D eigenvalue weighted by atomic mass is 14.9. The number of benzene rings is 1. The number of nitrogens with one attached hydrogen (secondary N) is 1. The molecule has 1 saturated carbocycles. The van der Waals surface area contributed by atoms with Crippen LogP contribution in [0.3, 0.4) is 0 Å². The lowest BCUT2D eigenvalue weighted by Crippen LogP contribution is -2.33. The molecule has 1 fully saturated rings.